The number of hydrogen-bond donors (Lipinski definition) is 1. The summed E-state index contributed by atoms with van der Waals surface area (Å²) in [5, 5.41) is 8.04. The average Bonchev–Trinajstić information content (AvgIpc) is 3.03. The fourth-order valence-corrected chi connectivity index (χ4v) is 3.63. The van der Waals surface area contributed by atoms with Crippen molar-refractivity contribution in [2.24, 2.45) is 7.05 Å². The first-order valence-corrected chi connectivity index (χ1v) is 11.2. The standard InChI is InChI=1S/C20H22FN5O4S/c1-12-16(24-31(4,28)29)9-10-17(22-12)20-18(26(3)25-23-20)11-19(27)30-13(2)14-7-5-6-8-15(14)21/h5-10,13,24H,11H2,1-4H3/t13-/m1/s1. The number of sulfonamides is 1. The van der Waals surface area contributed by atoms with E-state index in [-0.39, 0.29) is 12.0 Å². The lowest BCUT2D eigenvalue weighted by Crippen LogP contribution is -2.15. The van der Waals surface area contributed by atoms with E-state index in [0.29, 0.717) is 28.5 Å². The summed E-state index contributed by atoms with van der Waals surface area (Å²) in [6, 6.07) is 9.24. The highest BCUT2D eigenvalue weighted by Crippen LogP contribution is 2.25. The molecule has 1 atom stereocenters. The van der Waals surface area contributed by atoms with Crippen molar-refractivity contribution in [3.05, 3.63) is 59.2 Å². The first-order valence-electron chi connectivity index (χ1n) is 9.33. The van der Waals surface area contributed by atoms with E-state index in [1.807, 2.05) is 0 Å². The van der Waals surface area contributed by atoms with Crippen LogP contribution in [0.2, 0.25) is 0 Å². The Hall–Kier alpha value is -3.34. The number of aromatic nitrogens is 4. The molecule has 9 nitrogen and oxygen atoms in total. The Morgan fingerprint density at radius 1 is 1.26 bits per heavy atom. The predicted molar refractivity (Wildman–Crippen MR) is 112 cm³/mol. The molecule has 0 saturated heterocycles. The van der Waals surface area contributed by atoms with Crippen LogP contribution in [0.1, 0.15) is 30.0 Å². The Balaban J connectivity index is 1.80. The van der Waals surface area contributed by atoms with Crippen molar-refractivity contribution in [2.45, 2.75) is 26.4 Å². The highest BCUT2D eigenvalue weighted by molar-refractivity contribution is 7.92. The molecule has 0 aliphatic carbocycles. The number of hydrogen-bond acceptors (Lipinski definition) is 7. The molecule has 2 heterocycles. The summed E-state index contributed by atoms with van der Waals surface area (Å²) < 4.78 is 46.1. The number of aryl methyl sites for hydroxylation is 2. The molecular formula is C20H22FN5O4S. The van der Waals surface area contributed by atoms with Crippen molar-refractivity contribution in [2.75, 3.05) is 11.0 Å². The van der Waals surface area contributed by atoms with E-state index in [0.717, 1.165) is 6.26 Å². The summed E-state index contributed by atoms with van der Waals surface area (Å²) in [5.74, 6) is -1.03. The van der Waals surface area contributed by atoms with E-state index >= 15 is 0 Å². The fourth-order valence-electron chi connectivity index (χ4n) is 3.02. The van der Waals surface area contributed by atoms with Crippen LogP contribution in [0, 0.1) is 12.7 Å². The summed E-state index contributed by atoms with van der Waals surface area (Å²) in [5.41, 5.74) is 2.32. The number of pyridine rings is 1. The van der Waals surface area contributed by atoms with Crippen LogP contribution in [0.15, 0.2) is 36.4 Å². The van der Waals surface area contributed by atoms with Gasteiger partial charge in [-0.15, -0.1) is 5.10 Å². The molecule has 0 unspecified atom stereocenters. The smallest absolute Gasteiger partial charge is 0.312 e. The number of ether oxygens (including phenoxy) is 1. The monoisotopic (exact) mass is 447 g/mol. The summed E-state index contributed by atoms with van der Waals surface area (Å²) in [6.07, 6.45) is 0.136. The first kappa shape index (κ1) is 22.3. The van der Waals surface area contributed by atoms with Crippen LogP contribution in [-0.2, 0) is 33.0 Å². The van der Waals surface area contributed by atoms with Crippen LogP contribution in [-0.4, -0.2) is 40.6 Å². The van der Waals surface area contributed by atoms with Crippen LogP contribution in [0.4, 0.5) is 10.1 Å². The minimum Gasteiger partial charge on any atom is -0.457 e. The maximum Gasteiger partial charge on any atom is 0.312 e. The highest BCUT2D eigenvalue weighted by Gasteiger charge is 2.21. The second-order valence-electron chi connectivity index (χ2n) is 7.04. The Labute approximate surface area is 179 Å². The molecule has 0 bridgehead atoms. The van der Waals surface area contributed by atoms with Gasteiger partial charge in [0.05, 0.1) is 35.4 Å². The SMILES string of the molecule is Cc1nc(-c2nnn(C)c2CC(=O)O[C@H](C)c2ccccc2F)ccc1NS(C)(=O)=O. The molecule has 0 aliphatic heterocycles. The van der Waals surface area contributed by atoms with Crippen molar-refractivity contribution in [3.63, 3.8) is 0 Å². The lowest BCUT2D eigenvalue weighted by Gasteiger charge is -2.14. The molecule has 2 aromatic heterocycles. The van der Waals surface area contributed by atoms with Crippen LogP contribution in [0.5, 0.6) is 0 Å². The maximum absolute atomic E-state index is 13.9. The summed E-state index contributed by atoms with van der Waals surface area (Å²) in [4.78, 5) is 16.9. The largest absolute Gasteiger partial charge is 0.457 e. The third kappa shape index (κ3) is 5.43. The average molecular weight is 447 g/mol. The maximum atomic E-state index is 13.9. The van der Waals surface area contributed by atoms with E-state index in [9.17, 15) is 17.6 Å². The van der Waals surface area contributed by atoms with E-state index in [1.54, 1.807) is 51.2 Å². The number of carbonyl (C=O) groups excluding carboxylic acids is 1. The third-order valence-electron chi connectivity index (χ3n) is 4.53. The molecule has 0 saturated carbocycles. The molecule has 1 aromatic carbocycles. The minimum absolute atomic E-state index is 0.151. The number of benzene rings is 1. The predicted octanol–water partition coefficient (Wildman–Crippen LogP) is 2.54. The molecular weight excluding hydrogens is 425 g/mol. The molecule has 164 valence electrons. The zero-order chi connectivity index (χ0) is 22.8. The molecule has 0 spiro atoms. The van der Waals surface area contributed by atoms with E-state index in [2.05, 4.69) is 20.0 Å². The molecule has 0 radical (unpaired) electrons. The molecule has 3 aromatic rings. The zero-order valence-electron chi connectivity index (χ0n) is 17.5. The van der Waals surface area contributed by atoms with Crippen LogP contribution < -0.4 is 4.72 Å². The van der Waals surface area contributed by atoms with Gasteiger partial charge in [-0.05, 0) is 32.0 Å². The number of carbonyl (C=O) groups is 1. The highest BCUT2D eigenvalue weighted by atomic mass is 32.2. The molecule has 0 fully saturated rings. The summed E-state index contributed by atoms with van der Waals surface area (Å²) >= 11 is 0. The van der Waals surface area contributed by atoms with Crippen molar-refractivity contribution in [1.82, 2.24) is 20.0 Å². The number of nitrogens with one attached hydrogen (secondary N) is 1. The Kier molecular flexibility index (Phi) is 6.34. The van der Waals surface area contributed by atoms with E-state index in [1.165, 1.54) is 10.7 Å². The van der Waals surface area contributed by atoms with Crippen molar-refractivity contribution < 1.29 is 22.3 Å². The zero-order valence-corrected chi connectivity index (χ0v) is 18.3. The molecule has 0 aliphatic rings. The van der Waals surface area contributed by atoms with Gasteiger partial charge in [0, 0.05) is 12.6 Å². The lowest BCUT2D eigenvalue weighted by molar-refractivity contribution is -0.148. The topological polar surface area (TPSA) is 116 Å². The quantitative estimate of drug-likeness (QED) is 0.553. The number of rotatable bonds is 7. The van der Waals surface area contributed by atoms with Gasteiger partial charge in [-0.25, -0.2) is 17.8 Å². The molecule has 31 heavy (non-hydrogen) atoms. The molecule has 1 N–H and O–H groups in total. The van der Waals surface area contributed by atoms with Gasteiger partial charge in [0.15, 0.2) is 0 Å². The number of nitrogens with zero attached hydrogens (tertiary/aromatic N) is 4. The summed E-state index contributed by atoms with van der Waals surface area (Å²) in [7, 11) is -1.81. The Bertz CT molecular complexity index is 1230. The normalized spacial score (nSPS) is 12.4. The first-order chi connectivity index (χ1) is 14.5. The van der Waals surface area contributed by atoms with Gasteiger partial charge in [0.1, 0.15) is 17.6 Å². The Morgan fingerprint density at radius 3 is 2.61 bits per heavy atom. The van der Waals surface area contributed by atoms with E-state index < -0.39 is 27.9 Å². The van der Waals surface area contributed by atoms with Crippen molar-refractivity contribution >= 4 is 21.7 Å². The molecule has 11 heteroatoms. The molecule has 3 rings (SSSR count). The van der Waals surface area contributed by atoms with Gasteiger partial charge >= 0.3 is 5.97 Å². The van der Waals surface area contributed by atoms with Crippen LogP contribution in [0.3, 0.4) is 0 Å². The summed E-state index contributed by atoms with van der Waals surface area (Å²) in [6.45, 7) is 3.24. The lowest BCUT2D eigenvalue weighted by atomic mass is 10.1. The third-order valence-corrected chi connectivity index (χ3v) is 5.12. The number of halogens is 1. The van der Waals surface area contributed by atoms with Gasteiger partial charge in [-0.2, -0.15) is 0 Å². The van der Waals surface area contributed by atoms with Gasteiger partial charge in [0.25, 0.3) is 0 Å². The van der Waals surface area contributed by atoms with Crippen LogP contribution >= 0.6 is 0 Å². The van der Waals surface area contributed by atoms with Crippen LogP contribution in [0.25, 0.3) is 11.4 Å². The van der Waals surface area contributed by atoms with Crippen molar-refractivity contribution in [1.29, 1.82) is 0 Å². The van der Waals surface area contributed by atoms with Gasteiger partial charge < -0.3 is 4.74 Å². The van der Waals surface area contributed by atoms with Gasteiger partial charge in [-0.1, -0.05) is 23.4 Å². The second-order valence-corrected chi connectivity index (χ2v) is 8.79. The van der Waals surface area contributed by atoms with Crippen molar-refractivity contribution in [3.8, 4) is 11.4 Å². The Morgan fingerprint density at radius 2 is 1.97 bits per heavy atom. The fraction of sp³-hybridized carbons (Fsp3) is 0.300. The van der Waals surface area contributed by atoms with Gasteiger partial charge in [0.2, 0.25) is 10.0 Å². The molecule has 0 amide bonds. The second kappa shape index (κ2) is 8.80. The van der Waals surface area contributed by atoms with Gasteiger partial charge in [-0.3, -0.25) is 14.2 Å². The van der Waals surface area contributed by atoms with E-state index in [4.69, 9.17) is 4.74 Å². The minimum atomic E-state index is -3.44. The number of esters is 1. The number of anilines is 1.